The molecule has 0 N–H and O–H groups in total. The van der Waals surface area contributed by atoms with Gasteiger partial charge in [0.15, 0.2) is 0 Å². The van der Waals surface area contributed by atoms with Gasteiger partial charge in [0.1, 0.15) is 0 Å². The Bertz CT molecular complexity index is 81.0. The van der Waals surface area contributed by atoms with Crippen molar-refractivity contribution < 1.29 is 0 Å². The number of hydrogen-bond donors (Lipinski definition) is 0. The minimum absolute atomic E-state index is 0.178. The highest BCUT2D eigenvalue weighted by Crippen LogP contribution is 2.47. The molecule has 0 radical (unpaired) electrons. The zero-order valence-electron chi connectivity index (χ0n) is 5.63. The third kappa shape index (κ3) is 9.52. The smallest absolute Gasteiger partial charge is 0.121 e. The van der Waals surface area contributed by atoms with E-state index in [1.54, 1.807) is 0 Å². The first-order chi connectivity index (χ1) is 3.71. The predicted molar refractivity (Wildman–Crippen MR) is 51.4 cm³/mol. The van der Waals surface area contributed by atoms with Gasteiger partial charge in [-0.2, -0.15) is 0 Å². The quantitative estimate of drug-likeness (QED) is 0.362. The molecule has 1 unspecified atom stereocenters. The Labute approximate surface area is 73.0 Å². The highest BCUT2D eigenvalue weighted by atomic mass is 35.9. The molecule has 0 aliphatic heterocycles. The standard InChI is InChI=1S/C4H10Cl3PSi/c1-4(2,3)8-9(5,6)7/h8H,1-3H3. The summed E-state index contributed by atoms with van der Waals surface area (Å²) < 4.78 is 0. The summed E-state index contributed by atoms with van der Waals surface area (Å²) >= 11 is 17.1. The molecule has 0 amide bonds. The molecule has 56 valence electrons. The highest BCUT2D eigenvalue weighted by Gasteiger charge is 2.31. The Morgan fingerprint density at radius 1 is 1.11 bits per heavy atom. The second kappa shape index (κ2) is 3.28. The lowest BCUT2D eigenvalue weighted by Crippen LogP contribution is -2.14. The van der Waals surface area contributed by atoms with Crippen LogP contribution in [0.4, 0.5) is 0 Å². The van der Waals surface area contributed by atoms with Gasteiger partial charge < -0.3 is 0 Å². The van der Waals surface area contributed by atoms with E-state index in [9.17, 15) is 0 Å². The van der Waals surface area contributed by atoms with Gasteiger partial charge in [0.05, 0.1) is 0 Å². The second-order valence-electron chi connectivity index (χ2n) is 2.87. The van der Waals surface area contributed by atoms with Crippen molar-refractivity contribution in [2.24, 2.45) is 0 Å². The Kier molecular flexibility index (Phi) is 3.83. The largest absolute Gasteiger partial charge is 0.363 e. The first kappa shape index (κ1) is 10.5. The van der Waals surface area contributed by atoms with Gasteiger partial charge in [-0.15, -0.1) is 33.2 Å². The first-order valence-corrected chi connectivity index (χ1v) is 9.60. The van der Waals surface area contributed by atoms with Gasteiger partial charge in [-0.1, -0.05) is 28.9 Å². The van der Waals surface area contributed by atoms with Crippen LogP contribution in [0.15, 0.2) is 0 Å². The predicted octanol–water partition coefficient (Wildman–Crippen LogP) is 3.62. The molecule has 0 aliphatic rings. The monoisotopic (exact) mass is 222 g/mol. The second-order valence-corrected chi connectivity index (χ2v) is 18.3. The van der Waals surface area contributed by atoms with Crippen molar-refractivity contribution in [1.82, 2.24) is 0 Å². The van der Waals surface area contributed by atoms with Gasteiger partial charge in [0, 0.05) is 0 Å². The van der Waals surface area contributed by atoms with Crippen molar-refractivity contribution >= 4 is 47.0 Å². The first-order valence-electron chi connectivity index (χ1n) is 2.57. The van der Waals surface area contributed by atoms with Crippen molar-refractivity contribution in [1.29, 1.82) is 0 Å². The van der Waals surface area contributed by atoms with E-state index in [1.807, 2.05) is 0 Å². The van der Waals surface area contributed by atoms with Crippen molar-refractivity contribution in [3.05, 3.63) is 0 Å². The molecule has 0 bridgehead atoms. The van der Waals surface area contributed by atoms with Crippen LogP contribution in [0, 0.1) is 0 Å². The maximum Gasteiger partial charge on any atom is 0.363 e. The van der Waals surface area contributed by atoms with Crippen LogP contribution in [0.3, 0.4) is 0 Å². The summed E-state index contributed by atoms with van der Waals surface area (Å²) in [6.45, 7) is 6.25. The van der Waals surface area contributed by atoms with Crippen LogP contribution in [-0.4, -0.2) is 10.8 Å². The lowest BCUT2D eigenvalue weighted by molar-refractivity contribution is 0.801. The Morgan fingerprint density at radius 3 is 1.44 bits per heavy atom. The van der Waals surface area contributed by atoms with Crippen LogP contribution in [0.1, 0.15) is 20.8 Å². The topological polar surface area (TPSA) is 0 Å². The fraction of sp³-hybridized carbons (Fsp3) is 1.00. The lowest BCUT2D eigenvalue weighted by atomic mass is 10.3. The van der Waals surface area contributed by atoms with E-state index in [2.05, 4.69) is 20.8 Å². The van der Waals surface area contributed by atoms with Crippen LogP contribution >= 0.6 is 41.4 Å². The third-order valence-electron chi connectivity index (χ3n) is 0.517. The summed E-state index contributed by atoms with van der Waals surface area (Å²) in [5.74, 6) is 0. The van der Waals surface area contributed by atoms with E-state index in [1.165, 1.54) is 0 Å². The van der Waals surface area contributed by atoms with Crippen molar-refractivity contribution in [3.8, 4) is 0 Å². The molecule has 0 aromatic rings. The average Bonchev–Trinajstić information content (AvgIpc) is 1.14. The fourth-order valence-corrected chi connectivity index (χ4v) is 11.5. The molecule has 0 saturated carbocycles. The number of halogens is 3. The average molecular weight is 224 g/mol. The summed E-state index contributed by atoms with van der Waals surface area (Å²) in [5.41, 5.74) is -2.35. The normalized spacial score (nSPS) is 15.3. The third-order valence-corrected chi connectivity index (χ3v) is 7.20. The van der Waals surface area contributed by atoms with Crippen LogP contribution in [0.2, 0.25) is 0 Å². The molecule has 9 heavy (non-hydrogen) atoms. The summed E-state index contributed by atoms with van der Waals surface area (Å²) in [6, 6.07) is 0. The number of rotatable bonds is 1. The van der Waals surface area contributed by atoms with E-state index in [-0.39, 0.29) is 5.16 Å². The molecular formula is C4H10Cl3PSi. The van der Waals surface area contributed by atoms with E-state index >= 15 is 0 Å². The van der Waals surface area contributed by atoms with E-state index in [0.29, 0.717) is 8.13 Å². The Hall–Kier alpha value is 1.52. The van der Waals surface area contributed by atoms with E-state index < -0.39 is 5.67 Å². The molecule has 0 heterocycles. The van der Waals surface area contributed by atoms with Gasteiger partial charge in [-0.3, -0.25) is 0 Å². The minimum Gasteiger partial charge on any atom is -0.121 e. The van der Waals surface area contributed by atoms with Gasteiger partial charge in [-0.05, 0) is 5.16 Å². The molecule has 0 aromatic carbocycles. The fourth-order valence-electron chi connectivity index (χ4n) is 0.425. The number of hydrogen-bond acceptors (Lipinski definition) is 0. The molecule has 0 aliphatic carbocycles. The zero-order chi connectivity index (χ0) is 7.71. The molecular weight excluding hydrogens is 213 g/mol. The maximum atomic E-state index is 5.70. The summed E-state index contributed by atoms with van der Waals surface area (Å²) in [4.78, 5) is 0. The van der Waals surface area contributed by atoms with Gasteiger partial charge in [-0.25, -0.2) is 0 Å². The molecule has 0 aromatic heterocycles. The minimum atomic E-state index is -2.35. The maximum absolute atomic E-state index is 5.70. The van der Waals surface area contributed by atoms with Crippen molar-refractivity contribution in [2.75, 3.05) is 0 Å². The lowest BCUT2D eigenvalue weighted by Gasteiger charge is -2.21. The summed E-state index contributed by atoms with van der Waals surface area (Å²) in [5, 5.41) is 0.178. The molecule has 0 spiro atoms. The van der Waals surface area contributed by atoms with Crippen LogP contribution < -0.4 is 0 Å². The van der Waals surface area contributed by atoms with Crippen molar-refractivity contribution in [3.63, 3.8) is 0 Å². The molecule has 0 fully saturated rings. The van der Waals surface area contributed by atoms with Crippen LogP contribution in [0.5, 0.6) is 0 Å². The summed E-state index contributed by atoms with van der Waals surface area (Å²) in [6.07, 6.45) is 0. The van der Waals surface area contributed by atoms with Gasteiger partial charge >= 0.3 is 5.67 Å². The SMILES string of the molecule is CC(C)(C)P[Si](Cl)(Cl)Cl. The van der Waals surface area contributed by atoms with Gasteiger partial charge in [0.2, 0.25) is 0 Å². The molecule has 0 rings (SSSR count). The van der Waals surface area contributed by atoms with E-state index in [4.69, 9.17) is 33.2 Å². The molecule has 1 atom stereocenters. The van der Waals surface area contributed by atoms with E-state index in [0.717, 1.165) is 0 Å². The van der Waals surface area contributed by atoms with Crippen molar-refractivity contribution in [2.45, 2.75) is 25.9 Å². The Balaban J connectivity index is 3.75. The molecule has 5 heteroatoms. The van der Waals surface area contributed by atoms with Gasteiger partial charge in [0.25, 0.3) is 0 Å². The molecule has 0 nitrogen and oxygen atoms in total. The zero-order valence-corrected chi connectivity index (χ0v) is 9.90. The Morgan fingerprint density at radius 2 is 1.44 bits per heavy atom. The highest BCUT2D eigenvalue weighted by molar-refractivity contribution is 8.11. The molecule has 0 saturated heterocycles. The van der Waals surface area contributed by atoms with Crippen LogP contribution in [-0.2, 0) is 0 Å². The van der Waals surface area contributed by atoms with Crippen LogP contribution in [0.25, 0.3) is 0 Å². The summed E-state index contributed by atoms with van der Waals surface area (Å²) in [7, 11) is 0.486.